The number of hydrogen-bond acceptors (Lipinski definition) is 2. The van der Waals surface area contributed by atoms with Crippen LogP contribution in [0.5, 0.6) is 0 Å². The number of amides is 1. The Morgan fingerprint density at radius 2 is 2.16 bits per heavy atom. The highest BCUT2D eigenvalue weighted by Gasteiger charge is 2.32. The summed E-state index contributed by atoms with van der Waals surface area (Å²) in [5.41, 5.74) is 7.11. The molecule has 4 heteroatoms. The van der Waals surface area contributed by atoms with Gasteiger partial charge in [0.1, 0.15) is 0 Å². The van der Waals surface area contributed by atoms with E-state index in [-0.39, 0.29) is 11.3 Å². The molecule has 1 aromatic rings. The normalized spacial score (nSPS) is 18.2. The summed E-state index contributed by atoms with van der Waals surface area (Å²) in [5.74, 6) is 0.135. The summed E-state index contributed by atoms with van der Waals surface area (Å²) >= 11 is 0. The minimum atomic E-state index is 0.0546. The number of nitrogens with zero attached hydrogens (tertiary/aromatic N) is 1. The van der Waals surface area contributed by atoms with E-state index in [0.29, 0.717) is 19.5 Å². The lowest BCUT2D eigenvalue weighted by Crippen LogP contribution is -2.38. The van der Waals surface area contributed by atoms with Gasteiger partial charge in [0, 0.05) is 32.4 Å². The predicted octanol–water partition coefficient (Wildman–Crippen LogP) is 1.94. The summed E-state index contributed by atoms with van der Waals surface area (Å²) < 4.78 is 1.99. The molecule has 0 aromatic carbocycles. The van der Waals surface area contributed by atoms with E-state index in [1.165, 1.54) is 19.3 Å². The molecule has 19 heavy (non-hydrogen) atoms. The molecule has 2 rings (SSSR count). The zero-order valence-corrected chi connectivity index (χ0v) is 11.8. The minimum Gasteiger partial charge on any atom is -0.357 e. The number of rotatable bonds is 5. The molecule has 0 atom stereocenters. The molecule has 1 aromatic heterocycles. The number of aryl methyl sites for hydroxylation is 1. The van der Waals surface area contributed by atoms with Gasteiger partial charge in [0.2, 0.25) is 5.91 Å². The van der Waals surface area contributed by atoms with Gasteiger partial charge in [-0.1, -0.05) is 19.3 Å². The second kappa shape index (κ2) is 6.24. The van der Waals surface area contributed by atoms with Crippen molar-refractivity contribution in [2.24, 2.45) is 18.2 Å². The van der Waals surface area contributed by atoms with Crippen LogP contribution in [0, 0.1) is 5.41 Å². The zero-order valence-electron chi connectivity index (χ0n) is 11.8. The monoisotopic (exact) mass is 263 g/mol. The van der Waals surface area contributed by atoms with E-state index in [1.807, 2.05) is 30.1 Å². The number of carbonyl (C=O) groups excluding carboxylic acids is 1. The molecule has 1 aliphatic rings. The molecule has 0 spiro atoms. The van der Waals surface area contributed by atoms with Gasteiger partial charge in [0.25, 0.3) is 0 Å². The third-order valence-electron chi connectivity index (χ3n) is 4.27. The van der Waals surface area contributed by atoms with Gasteiger partial charge in [-0.25, -0.2) is 0 Å². The lowest BCUT2D eigenvalue weighted by molar-refractivity contribution is -0.124. The quantitative estimate of drug-likeness (QED) is 0.853. The molecular formula is C15H25N3O. The second-order valence-corrected chi connectivity index (χ2v) is 5.90. The number of hydrogen-bond donors (Lipinski definition) is 2. The maximum Gasteiger partial charge on any atom is 0.220 e. The number of carbonyl (C=O) groups is 1. The van der Waals surface area contributed by atoms with Crippen LogP contribution in [-0.2, 0) is 18.4 Å². The van der Waals surface area contributed by atoms with Gasteiger partial charge in [-0.05, 0) is 36.4 Å². The fraction of sp³-hybridized carbons (Fsp3) is 0.667. The van der Waals surface area contributed by atoms with Crippen LogP contribution in [0.4, 0.5) is 0 Å². The van der Waals surface area contributed by atoms with Crippen molar-refractivity contribution >= 4 is 5.91 Å². The Kier molecular flexibility index (Phi) is 4.64. The summed E-state index contributed by atoms with van der Waals surface area (Å²) in [7, 11) is 1.98. The van der Waals surface area contributed by atoms with E-state index in [1.54, 1.807) is 0 Å². The first-order valence-corrected chi connectivity index (χ1v) is 7.21. The highest BCUT2D eigenvalue weighted by Crippen LogP contribution is 2.38. The number of nitrogens with one attached hydrogen (secondary N) is 1. The van der Waals surface area contributed by atoms with Crippen molar-refractivity contribution in [1.29, 1.82) is 0 Å². The van der Waals surface area contributed by atoms with E-state index in [0.717, 1.165) is 18.4 Å². The fourth-order valence-corrected chi connectivity index (χ4v) is 3.02. The second-order valence-electron chi connectivity index (χ2n) is 5.90. The van der Waals surface area contributed by atoms with E-state index < -0.39 is 0 Å². The lowest BCUT2D eigenvalue weighted by atomic mass is 9.71. The number of aromatic nitrogens is 1. The number of nitrogens with two attached hydrogens (primary N) is 1. The lowest BCUT2D eigenvalue weighted by Gasteiger charge is -2.35. The summed E-state index contributed by atoms with van der Waals surface area (Å²) in [6.45, 7) is 1.24. The van der Waals surface area contributed by atoms with E-state index in [4.69, 9.17) is 5.73 Å². The van der Waals surface area contributed by atoms with Gasteiger partial charge in [-0.2, -0.15) is 0 Å². The van der Waals surface area contributed by atoms with Crippen molar-refractivity contribution in [1.82, 2.24) is 9.88 Å². The molecule has 1 saturated carbocycles. The molecule has 1 fully saturated rings. The Morgan fingerprint density at radius 1 is 1.42 bits per heavy atom. The molecule has 4 nitrogen and oxygen atoms in total. The van der Waals surface area contributed by atoms with Crippen molar-refractivity contribution in [3.05, 3.63) is 24.0 Å². The zero-order chi connectivity index (χ0) is 13.7. The molecular weight excluding hydrogens is 238 g/mol. The average molecular weight is 263 g/mol. The van der Waals surface area contributed by atoms with Gasteiger partial charge >= 0.3 is 0 Å². The fourth-order valence-electron chi connectivity index (χ4n) is 3.02. The molecule has 1 amide bonds. The van der Waals surface area contributed by atoms with Crippen LogP contribution in [0.2, 0.25) is 0 Å². The summed E-state index contributed by atoms with van der Waals surface area (Å²) in [6.07, 6.45) is 10.5. The highest BCUT2D eigenvalue weighted by molar-refractivity contribution is 5.76. The Bertz CT molecular complexity index is 419. The molecule has 0 unspecified atom stereocenters. The Balaban J connectivity index is 1.82. The van der Waals surface area contributed by atoms with E-state index in [9.17, 15) is 4.79 Å². The van der Waals surface area contributed by atoms with E-state index >= 15 is 0 Å². The van der Waals surface area contributed by atoms with Gasteiger partial charge in [0.15, 0.2) is 0 Å². The van der Waals surface area contributed by atoms with Crippen LogP contribution in [0.1, 0.15) is 44.1 Å². The van der Waals surface area contributed by atoms with Crippen molar-refractivity contribution in [3.63, 3.8) is 0 Å². The topological polar surface area (TPSA) is 60.0 Å². The maximum atomic E-state index is 12.1. The SMILES string of the molecule is Cn1ccc(CNC(=O)CC2(CN)CCCCC2)c1. The Hall–Kier alpha value is -1.29. The van der Waals surface area contributed by atoms with Crippen molar-refractivity contribution < 1.29 is 4.79 Å². The van der Waals surface area contributed by atoms with Gasteiger partial charge in [-0.15, -0.1) is 0 Å². The molecule has 0 saturated heterocycles. The van der Waals surface area contributed by atoms with Crippen LogP contribution in [-0.4, -0.2) is 17.0 Å². The smallest absolute Gasteiger partial charge is 0.220 e. The average Bonchev–Trinajstić information content (AvgIpc) is 2.83. The first-order chi connectivity index (χ1) is 9.13. The largest absolute Gasteiger partial charge is 0.357 e. The molecule has 0 aliphatic heterocycles. The summed E-state index contributed by atoms with van der Waals surface area (Å²) in [4.78, 5) is 12.1. The van der Waals surface area contributed by atoms with Gasteiger partial charge in [0.05, 0.1) is 0 Å². The van der Waals surface area contributed by atoms with Crippen molar-refractivity contribution in [3.8, 4) is 0 Å². The van der Waals surface area contributed by atoms with Crippen LogP contribution in [0.25, 0.3) is 0 Å². The molecule has 1 aliphatic carbocycles. The molecule has 0 radical (unpaired) electrons. The predicted molar refractivity (Wildman–Crippen MR) is 76.4 cm³/mol. The van der Waals surface area contributed by atoms with Gasteiger partial charge in [-0.3, -0.25) is 4.79 Å². The molecule has 3 N–H and O–H groups in total. The maximum absolute atomic E-state index is 12.1. The minimum absolute atomic E-state index is 0.0546. The van der Waals surface area contributed by atoms with Crippen LogP contribution in [0.15, 0.2) is 18.5 Å². The third kappa shape index (κ3) is 3.83. The van der Waals surface area contributed by atoms with Crippen molar-refractivity contribution in [2.75, 3.05) is 6.54 Å². The summed E-state index contributed by atoms with van der Waals surface area (Å²) in [6, 6.07) is 2.03. The Morgan fingerprint density at radius 3 is 2.74 bits per heavy atom. The van der Waals surface area contributed by atoms with E-state index in [2.05, 4.69) is 5.32 Å². The standard InChI is InChI=1S/C15H25N3O/c1-18-8-5-13(11-18)10-17-14(19)9-15(12-16)6-3-2-4-7-15/h5,8,11H,2-4,6-7,9-10,12,16H2,1H3,(H,17,19). The first kappa shape index (κ1) is 14.1. The third-order valence-corrected chi connectivity index (χ3v) is 4.27. The van der Waals surface area contributed by atoms with Gasteiger partial charge < -0.3 is 15.6 Å². The first-order valence-electron chi connectivity index (χ1n) is 7.21. The Labute approximate surface area is 115 Å². The highest BCUT2D eigenvalue weighted by atomic mass is 16.1. The summed E-state index contributed by atoms with van der Waals surface area (Å²) in [5, 5.41) is 3.01. The molecule has 1 heterocycles. The molecule has 0 bridgehead atoms. The molecule has 106 valence electrons. The van der Waals surface area contributed by atoms with Crippen LogP contribution >= 0.6 is 0 Å². The van der Waals surface area contributed by atoms with Crippen molar-refractivity contribution in [2.45, 2.75) is 45.1 Å². The van der Waals surface area contributed by atoms with Crippen LogP contribution in [0.3, 0.4) is 0 Å². The van der Waals surface area contributed by atoms with Crippen LogP contribution < -0.4 is 11.1 Å².